The summed E-state index contributed by atoms with van der Waals surface area (Å²) in [5, 5.41) is 44.9. The Morgan fingerprint density at radius 2 is 0.833 bits per heavy atom. The number of carboxylic acid groups (broad SMARTS) is 2. The van der Waals surface area contributed by atoms with Gasteiger partial charge in [-0.15, -0.1) is 22.7 Å². The topological polar surface area (TPSA) is 173 Å². The first-order chi connectivity index (χ1) is 37.1. The summed E-state index contributed by atoms with van der Waals surface area (Å²) in [4.78, 5) is 46.1. The number of esters is 2. The highest BCUT2D eigenvalue weighted by atomic mass is 32.1. The van der Waals surface area contributed by atoms with Crippen molar-refractivity contribution in [3.63, 3.8) is 0 Å². The van der Waals surface area contributed by atoms with E-state index in [2.05, 4.69) is 60.7 Å². The van der Waals surface area contributed by atoms with E-state index in [1.807, 2.05) is 35.0 Å². The Balaban J connectivity index is 0.000000182. The Labute approximate surface area is 460 Å². The number of piperidine rings is 6. The van der Waals surface area contributed by atoms with Crippen LogP contribution in [-0.4, -0.2) is 120 Å². The van der Waals surface area contributed by atoms with E-state index in [1.165, 1.54) is 60.0 Å². The number of carboxylic acids is 2. The van der Waals surface area contributed by atoms with Crippen LogP contribution in [0.1, 0.15) is 111 Å². The van der Waals surface area contributed by atoms with Crippen LogP contribution in [0.2, 0.25) is 0 Å². The van der Waals surface area contributed by atoms with Crippen LogP contribution in [0.15, 0.2) is 95.7 Å². The van der Waals surface area contributed by atoms with Gasteiger partial charge in [-0.05, 0) is 72.5 Å². The largest absolute Gasteiger partial charge is 0.542 e. The lowest BCUT2D eigenvalue weighted by Crippen LogP contribution is -2.65. The molecule has 8 heterocycles. The summed E-state index contributed by atoms with van der Waals surface area (Å²) in [6, 6.07) is 29.1. The number of carbonyl (C=O) groups is 4. The highest BCUT2D eigenvalue weighted by Gasteiger charge is 2.55. The normalized spacial score (nSPS) is 26.4. The fourth-order valence-electron chi connectivity index (χ4n) is 12.9. The van der Waals surface area contributed by atoms with Gasteiger partial charge < -0.3 is 48.5 Å². The number of aliphatic carboxylic acids is 2. The number of carbonyl (C=O) groups excluding carboxylic acids is 4. The molecule has 0 amide bonds. The van der Waals surface area contributed by atoms with Gasteiger partial charge in [-0.25, -0.2) is 9.59 Å². The number of aryl methyl sites for hydroxylation is 2. The minimum atomic E-state index is -5.19. The second-order valence-corrected chi connectivity index (χ2v) is 24.0. The number of alkyl halides is 6. The highest BCUT2D eigenvalue weighted by Crippen LogP contribution is 2.47. The maximum absolute atomic E-state index is 13.5. The maximum atomic E-state index is 13.5. The van der Waals surface area contributed by atoms with Crippen molar-refractivity contribution >= 4 is 46.6 Å². The number of quaternary nitrogens is 2. The molecule has 0 unspecified atom stereocenters. The molecule has 20 heteroatoms. The predicted molar refractivity (Wildman–Crippen MR) is 277 cm³/mol. The van der Waals surface area contributed by atoms with E-state index < -0.39 is 47.4 Å². The molecule has 2 aliphatic carbocycles. The molecule has 12 rings (SSSR count). The monoisotopic (exact) mass is 1130 g/mol. The molecule has 8 aliphatic rings. The Kier molecular flexibility index (Phi) is 20.7. The van der Waals surface area contributed by atoms with Crippen molar-refractivity contribution < 1.29 is 84.4 Å². The number of rotatable bonds is 16. The molecule has 4 atom stereocenters. The first kappa shape index (κ1) is 60.8. The number of aliphatic hydroxyl groups is 2. The quantitative estimate of drug-likeness (QED) is 0.0630. The van der Waals surface area contributed by atoms with Crippen molar-refractivity contribution in [2.75, 3.05) is 52.4 Å². The van der Waals surface area contributed by atoms with Crippen molar-refractivity contribution in [2.45, 2.75) is 138 Å². The van der Waals surface area contributed by atoms with Crippen LogP contribution >= 0.6 is 22.7 Å². The van der Waals surface area contributed by atoms with E-state index in [9.17, 15) is 46.1 Å². The van der Waals surface area contributed by atoms with Gasteiger partial charge in [0.1, 0.15) is 25.0 Å². The van der Waals surface area contributed by atoms with Crippen LogP contribution in [0, 0.1) is 23.7 Å². The van der Waals surface area contributed by atoms with E-state index in [-0.39, 0.29) is 24.0 Å². The molecular weight excluding hydrogens is 1060 g/mol. The molecule has 4 bridgehead atoms. The number of ether oxygens (including phenoxy) is 2. The summed E-state index contributed by atoms with van der Waals surface area (Å²) in [5.74, 6) is -5.96. The molecule has 12 nitrogen and oxygen atoms in total. The van der Waals surface area contributed by atoms with E-state index in [0.717, 1.165) is 148 Å². The van der Waals surface area contributed by atoms with E-state index in [4.69, 9.17) is 29.3 Å². The van der Waals surface area contributed by atoms with Crippen molar-refractivity contribution in [1.29, 1.82) is 0 Å². The standard InChI is InChI=1S/2C27H36NO3S.2C2HF3O2/c2*29-26(27(30,23-11-4-5-12-23)25-13-7-19-32-25)31-24-20-28(17-14-22(24)15-18-28)16-6-10-21-8-2-1-3-9-21;2*3-2(4,5)1(6)7/h2*1-3,7-9,13,19,22-24,30H,4-6,10-12,14-18,20H2;2*(H,6,7)/q2*+1;;/p-2/t2*22?,24-,27-,28?;;/m11../s1. The number of halogens is 6. The molecule has 428 valence electrons. The van der Waals surface area contributed by atoms with Gasteiger partial charge in [-0.2, -0.15) is 26.3 Å². The van der Waals surface area contributed by atoms with E-state index in [1.54, 1.807) is 0 Å². The lowest BCUT2D eigenvalue weighted by Gasteiger charge is -2.52. The van der Waals surface area contributed by atoms with Crippen molar-refractivity contribution in [3.8, 4) is 0 Å². The molecule has 8 fully saturated rings. The molecule has 0 radical (unpaired) electrons. The highest BCUT2D eigenvalue weighted by molar-refractivity contribution is 7.10. The Bertz CT molecular complexity index is 2330. The molecule has 2 aromatic heterocycles. The summed E-state index contributed by atoms with van der Waals surface area (Å²) in [6.07, 6.45) is 6.47. The molecule has 0 spiro atoms. The van der Waals surface area contributed by atoms with Crippen LogP contribution in [0.3, 0.4) is 0 Å². The Hall–Kier alpha value is -4.86. The number of hydrogen-bond acceptors (Lipinski definition) is 12. The number of nitrogens with zero attached hydrogens (tertiary/aromatic N) is 2. The summed E-state index contributed by atoms with van der Waals surface area (Å²) >= 11 is 2.95. The van der Waals surface area contributed by atoms with Crippen molar-refractivity contribution in [1.82, 2.24) is 0 Å². The lowest BCUT2D eigenvalue weighted by atomic mass is 9.81. The lowest BCUT2D eigenvalue weighted by molar-refractivity contribution is -0.946. The van der Waals surface area contributed by atoms with Crippen LogP contribution in [-0.2, 0) is 52.7 Å². The van der Waals surface area contributed by atoms with Crippen LogP contribution in [0.4, 0.5) is 26.3 Å². The first-order valence-electron chi connectivity index (χ1n) is 27.4. The van der Waals surface area contributed by atoms with E-state index >= 15 is 0 Å². The van der Waals surface area contributed by atoms with Gasteiger partial charge in [0.15, 0.2) is 23.4 Å². The van der Waals surface area contributed by atoms with Crippen LogP contribution < -0.4 is 10.2 Å². The maximum Gasteiger partial charge on any atom is 0.430 e. The van der Waals surface area contributed by atoms with Gasteiger partial charge in [-0.3, -0.25) is 0 Å². The summed E-state index contributed by atoms with van der Waals surface area (Å²) in [7, 11) is 0. The van der Waals surface area contributed by atoms with Gasteiger partial charge in [0.05, 0.1) is 39.3 Å². The molecular formula is C58H72F6N2O10S2. The molecule has 2 saturated carbocycles. The second kappa shape index (κ2) is 26.6. The smallest absolute Gasteiger partial charge is 0.430 e. The van der Waals surface area contributed by atoms with Crippen LogP contribution in [0.5, 0.6) is 0 Å². The van der Waals surface area contributed by atoms with Crippen LogP contribution in [0.25, 0.3) is 0 Å². The van der Waals surface area contributed by atoms with Gasteiger partial charge in [0.2, 0.25) is 0 Å². The molecule has 78 heavy (non-hydrogen) atoms. The minimum absolute atomic E-state index is 0.0243. The predicted octanol–water partition coefficient (Wildman–Crippen LogP) is 8.42. The molecule has 4 aromatic rings. The third-order valence-electron chi connectivity index (χ3n) is 17.3. The fraction of sp³-hybridized carbons (Fsp3) is 0.586. The van der Waals surface area contributed by atoms with Crippen molar-refractivity contribution in [2.24, 2.45) is 23.7 Å². The number of thiophene rings is 2. The summed E-state index contributed by atoms with van der Waals surface area (Å²) in [6.45, 7) is 8.92. The molecule has 6 saturated heterocycles. The number of hydrogen-bond donors (Lipinski definition) is 2. The van der Waals surface area contributed by atoms with Gasteiger partial charge in [0.25, 0.3) is 0 Å². The van der Waals surface area contributed by atoms with E-state index in [0.29, 0.717) is 11.8 Å². The zero-order valence-electron chi connectivity index (χ0n) is 43.8. The Morgan fingerprint density at radius 1 is 0.513 bits per heavy atom. The average Bonchev–Trinajstić information content (AvgIpc) is 4.32. The summed E-state index contributed by atoms with van der Waals surface area (Å²) < 4.78 is 77.7. The number of fused-ring (bicyclic) bond motifs is 6. The third kappa shape index (κ3) is 15.3. The average molecular weight is 1140 g/mol. The number of benzene rings is 2. The van der Waals surface area contributed by atoms with Gasteiger partial charge in [-0.1, -0.05) is 98.5 Å². The molecule has 6 aliphatic heterocycles. The summed E-state index contributed by atoms with van der Waals surface area (Å²) in [5.41, 5.74) is -0.153. The molecule has 2 N–H and O–H groups in total. The first-order valence-corrected chi connectivity index (χ1v) is 29.1. The zero-order chi connectivity index (χ0) is 56.2. The SMILES string of the molecule is O=C(O[C@@H]1C[N+]2(CCCc3ccccc3)CCC1CC2)[C@](O)(c1cccs1)C1CCCC1.O=C(O[C@@H]1C[N+]2(CCCc3ccccc3)CCC1CC2)[C@](O)(c1cccs1)C1CCCC1.O=C([O-])C(F)(F)F.O=C([O-])C(F)(F)F. The Morgan fingerprint density at radius 3 is 1.12 bits per heavy atom. The minimum Gasteiger partial charge on any atom is -0.542 e. The molecule has 2 aromatic carbocycles. The zero-order valence-corrected chi connectivity index (χ0v) is 45.4. The van der Waals surface area contributed by atoms with Gasteiger partial charge in [0, 0.05) is 72.0 Å². The second-order valence-electron chi connectivity index (χ2n) is 22.2. The third-order valence-corrected chi connectivity index (χ3v) is 19.2. The van der Waals surface area contributed by atoms with Crippen molar-refractivity contribution in [3.05, 3.63) is 117 Å². The van der Waals surface area contributed by atoms with Gasteiger partial charge >= 0.3 is 24.3 Å². The fourth-order valence-corrected chi connectivity index (χ4v) is 14.7.